The molecule has 0 fully saturated rings. The summed E-state index contributed by atoms with van der Waals surface area (Å²) in [7, 11) is 0. The third kappa shape index (κ3) is 2.78. The Balaban J connectivity index is 1.80. The first-order chi connectivity index (χ1) is 9.61. The molecule has 0 bridgehead atoms. The maximum Gasteiger partial charge on any atom is 0.0830 e. The lowest BCUT2D eigenvalue weighted by molar-refractivity contribution is 0.178. The molecule has 0 amide bonds. The smallest absolute Gasteiger partial charge is 0.0830 e. The Labute approximate surface area is 121 Å². The third-order valence-corrected chi connectivity index (χ3v) is 4.22. The van der Waals surface area contributed by atoms with Gasteiger partial charge in [0.15, 0.2) is 0 Å². The molecule has 1 atom stereocenters. The van der Waals surface area contributed by atoms with E-state index in [-0.39, 0.29) is 0 Å². The van der Waals surface area contributed by atoms with Crippen molar-refractivity contribution in [2.24, 2.45) is 0 Å². The van der Waals surface area contributed by atoms with Crippen molar-refractivity contribution in [2.75, 3.05) is 0 Å². The van der Waals surface area contributed by atoms with E-state index in [1.807, 2.05) is 0 Å². The number of hydrogen-bond acceptors (Lipinski definition) is 1. The average molecular weight is 266 g/mol. The summed E-state index contributed by atoms with van der Waals surface area (Å²) < 4.78 is 0. The van der Waals surface area contributed by atoms with E-state index in [9.17, 15) is 5.11 Å². The van der Waals surface area contributed by atoms with Crippen molar-refractivity contribution in [3.63, 3.8) is 0 Å². The summed E-state index contributed by atoms with van der Waals surface area (Å²) in [6.45, 7) is 4.22. The van der Waals surface area contributed by atoms with E-state index >= 15 is 0 Å². The van der Waals surface area contributed by atoms with Crippen LogP contribution in [-0.2, 0) is 19.3 Å². The Morgan fingerprint density at radius 2 is 1.65 bits per heavy atom. The lowest BCUT2D eigenvalue weighted by Gasteiger charge is -2.14. The Morgan fingerprint density at radius 3 is 2.40 bits per heavy atom. The van der Waals surface area contributed by atoms with Crippen LogP contribution in [0.25, 0.3) is 0 Å². The summed E-state index contributed by atoms with van der Waals surface area (Å²) in [6.07, 6.45) is 3.91. The molecule has 2 aromatic carbocycles. The highest BCUT2D eigenvalue weighted by Crippen LogP contribution is 2.27. The van der Waals surface area contributed by atoms with E-state index in [0.717, 1.165) is 5.56 Å². The molecule has 0 saturated heterocycles. The fraction of sp³-hybridized carbons (Fsp3) is 0.368. The Bertz CT molecular complexity index is 607. The third-order valence-electron chi connectivity index (χ3n) is 4.22. The van der Waals surface area contributed by atoms with Crippen LogP contribution in [0.15, 0.2) is 36.4 Å². The molecule has 0 heterocycles. The van der Waals surface area contributed by atoms with Crippen LogP contribution in [0.4, 0.5) is 0 Å². The van der Waals surface area contributed by atoms with Gasteiger partial charge in [0.25, 0.3) is 0 Å². The van der Waals surface area contributed by atoms with Gasteiger partial charge in [0.1, 0.15) is 0 Å². The van der Waals surface area contributed by atoms with Gasteiger partial charge in [0.05, 0.1) is 6.10 Å². The fourth-order valence-electron chi connectivity index (χ4n) is 3.33. The van der Waals surface area contributed by atoms with Gasteiger partial charge < -0.3 is 5.11 Å². The minimum atomic E-state index is -0.401. The second kappa shape index (κ2) is 5.41. The first kappa shape index (κ1) is 13.4. The largest absolute Gasteiger partial charge is 0.388 e. The van der Waals surface area contributed by atoms with Crippen molar-refractivity contribution >= 4 is 0 Å². The molecule has 1 unspecified atom stereocenters. The van der Waals surface area contributed by atoms with Crippen molar-refractivity contribution < 1.29 is 5.11 Å². The Kier molecular flexibility index (Phi) is 3.62. The maximum atomic E-state index is 10.5. The second-order valence-corrected chi connectivity index (χ2v) is 6.10. The highest BCUT2D eigenvalue weighted by molar-refractivity contribution is 5.37. The molecule has 20 heavy (non-hydrogen) atoms. The highest BCUT2D eigenvalue weighted by atomic mass is 16.3. The molecule has 0 radical (unpaired) electrons. The molecule has 104 valence electrons. The molecule has 3 rings (SSSR count). The number of hydrogen-bond donors (Lipinski definition) is 1. The normalized spacial score (nSPS) is 15.2. The number of fused-ring (bicyclic) bond motifs is 1. The van der Waals surface area contributed by atoms with E-state index in [1.165, 1.54) is 47.1 Å². The minimum absolute atomic E-state index is 0.401. The maximum absolute atomic E-state index is 10.5. The van der Waals surface area contributed by atoms with Crippen molar-refractivity contribution in [1.82, 2.24) is 0 Å². The molecular formula is C19H22O. The lowest BCUT2D eigenvalue weighted by Crippen LogP contribution is -2.03. The SMILES string of the molecule is Cc1cc(C)cc(CC(O)c2ccc3c(c2)CCC3)c1. The summed E-state index contributed by atoms with van der Waals surface area (Å²) >= 11 is 0. The number of benzene rings is 2. The van der Waals surface area contributed by atoms with Crippen LogP contribution in [0.2, 0.25) is 0 Å². The molecule has 0 aromatic heterocycles. The van der Waals surface area contributed by atoms with Crippen LogP contribution in [0.1, 0.15) is 45.9 Å². The number of aliphatic hydroxyl groups is 1. The van der Waals surface area contributed by atoms with Crippen molar-refractivity contribution in [2.45, 2.75) is 45.6 Å². The molecule has 1 heteroatoms. The molecule has 0 aliphatic heterocycles. The monoisotopic (exact) mass is 266 g/mol. The minimum Gasteiger partial charge on any atom is -0.388 e. The van der Waals surface area contributed by atoms with E-state index in [1.54, 1.807) is 0 Å². The van der Waals surface area contributed by atoms with Gasteiger partial charge in [0, 0.05) is 6.42 Å². The van der Waals surface area contributed by atoms with Crippen LogP contribution in [0.5, 0.6) is 0 Å². The quantitative estimate of drug-likeness (QED) is 0.888. The first-order valence-corrected chi connectivity index (χ1v) is 7.49. The fourth-order valence-corrected chi connectivity index (χ4v) is 3.33. The highest BCUT2D eigenvalue weighted by Gasteiger charge is 2.15. The number of aliphatic hydroxyl groups excluding tert-OH is 1. The molecule has 1 N–H and O–H groups in total. The standard InChI is InChI=1S/C19H22O/c1-13-8-14(2)10-15(9-13)11-19(20)18-7-6-16-4-3-5-17(16)12-18/h6-10,12,19-20H,3-5,11H2,1-2H3. The molecule has 0 spiro atoms. The van der Waals surface area contributed by atoms with Crippen molar-refractivity contribution in [1.29, 1.82) is 0 Å². The van der Waals surface area contributed by atoms with E-state index in [4.69, 9.17) is 0 Å². The van der Waals surface area contributed by atoms with Gasteiger partial charge in [-0.25, -0.2) is 0 Å². The van der Waals surface area contributed by atoms with Gasteiger partial charge in [-0.15, -0.1) is 0 Å². The van der Waals surface area contributed by atoms with Crippen LogP contribution in [0, 0.1) is 13.8 Å². The van der Waals surface area contributed by atoms with Crippen LogP contribution in [0.3, 0.4) is 0 Å². The van der Waals surface area contributed by atoms with Gasteiger partial charge in [-0.1, -0.05) is 47.5 Å². The van der Waals surface area contributed by atoms with Gasteiger partial charge in [-0.2, -0.15) is 0 Å². The summed E-state index contributed by atoms with van der Waals surface area (Å²) in [5, 5.41) is 10.5. The van der Waals surface area contributed by atoms with Crippen LogP contribution >= 0.6 is 0 Å². The van der Waals surface area contributed by atoms with Gasteiger partial charge in [0.2, 0.25) is 0 Å². The van der Waals surface area contributed by atoms with Gasteiger partial charge in [-0.3, -0.25) is 0 Å². The van der Waals surface area contributed by atoms with Gasteiger partial charge >= 0.3 is 0 Å². The lowest BCUT2D eigenvalue weighted by atomic mass is 9.96. The summed E-state index contributed by atoms with van der Waals surface area (Å²) in [5.41, 5.74) is 7.71. The predicted octanol–water partition coefficient (Wildman–Crippen LogP) is 4.07. The molecule has 1 nitrogen and oxygen atoms in total. The molecule has 1 aliphatic carbocycles. The molecule has 0 saturated carbocycles. The second-order valence-electron chi connectivity index (χ2n) is 6.10. The van der Waals surface area contributed by atoms with Crippen LogP contribution in [-0.4, -0.2) is 5.11 Å². The summed E-state index contributed by atoms with van der Waals surface area (Å²) in [6, 6.07) is 13.0. The van der Waals surface area contributed by atoms with Gasteiger partial charge in [-0.05, 0) is 55.4 Å². The number of rotatable bonds is 3. The molecule has 1 aliphatic rings. The summed E-state index contributed by atoms with van der Waals surface area (Å²) in [4.78, 5) is 0. The topological polar surface area (TPSA) is 20.2 Å². The van der Waals surface area contributed by atoms with Crippen LogP contribution < -0.4 is 0 Å². The Morgan fingerprint density at radius 1 is 0.950 bits per heavy atom. The number of aryl methyl sites for hydroxylation is 4. The molecular weight excluding hydrogens is 244 g/mol. The van der Waals surface area contributed by atoms with E-state index in [0.29, 0.717) is 6.42 Å². The zero-order valence-electron chi connectivity index (χ0n) is 12.3. The van der Waals surface area contributed by atoms with Crippen molar-refractivity contribution in [3.8, 4) is 0 Å². The zero-order valence-corrected chi connectivity index (χ0v) is 12.3. The van der Waals surface area contributed by atoms with E-state index in [2.05, 4.69) is 50.2 Å². The molecule has 2 aromatic rings. The predicted molar refractivity (Wildman–Crippen MR) is 83.0 cm³/mol. The summed E-state index contributed by atoms with van der Waals surface area (Å²) in [5.74, 6) is 0. The van der Waals surface area contributed by atoms with Crippen molar-refractivity contribution in [3.05, 3.63) is 69.8 Å². The first-order valence-electron chi connectivity index (χ1n) is 7.49. The zero-order chi connectivity index (χ0) is 14.1. The average Bonchev–Trinajstić information content (AvgIpc) is 2.84. The Hall–Kier alpha value is -1.60. The van der Waals surface area contributed by atoms with E-state index < -0.39 is 6.10 Å².